The Labute approximate surface area is 176 Å². The lowest BCUT2D eigenvalue weighted by Gasteiger charge is -2.13. The molecule has 0 saturated carbocycles. The fourth-order valence-corrected chi connectivity index (χ4v) is 3.91. The van der Waals surface area contributed by atoms with Gasteiger partial charge >= 0.3 is 0 Å². The topological polar surface area (TPSA) is 55.8 Å². The SMILES string of the molecule is COCCC=NOCCc1c(C)[nH]c2cc(Cc3ccccc3)c(OC)c(Cl)c12. The zero-order valence-electron chi connectivity index (χ0n) is 17.1. The molecule has 0 spiro atoms. The van der Waals surface area contributed by atoms with E-state index in [1.807, 2.05) is 18.2 Å². The molecule has 3 rings (SSSR count). The van der Waals surface area contributed by atoms with E-state index in [2.05, 4.69) is 35.3 Å². The molecule has 6 heteroatoms. The number of benzene rings is 2. The number of fused-ring (bicyclic) bond motifs is 1. The standard InChI is InChI=1S/C23H27ClN2O3/c1-16-19(10-13-29-25-11-7-12-27-2)21-20(26-16)15-18(23(28-3)22(21)24)14-17-8-5-4-6-9-17/h4-6,8-9,11,15,26H,7,10,12-14H2,1-3H3. The molecule has 1 N–H and O–H groups in total. The number of oxime groups is 1. The number of aryl methyl sites for hydroxylation is 1. The van der Waals surface area contributed by atoms with Crippen molar-refractivity contribution < 1.29 is 14.3 Å². The van der Waals surface area contributed by atoms with Gasteiger partial charge in [-0.15, -0.1) is 0 Å². The van der Waals surface area contributed by atoms with E-state index in [9.17, 15) is 0 Å². The van der Waals surface area contributed by atoms with Crippen LogP contribution in [0.3, 0.4) is 0 Å². The van der Waals surface area contributed by atoms with Gasteiger partial charge in [-0.05, 0) is 24.1 Å². The van der Waals surface area contributed by atoms with Gasteiger partial charge in [0.25, 0.3) is 0 Å². The highest BCUT2D eigenvalue weighted by Gasteiger charge is 2.19. The number of aromatic nitrogens is 1. The van der Waals surface area contributed by atoms with Crippen molar-refractivity contribution in [3.05, 3.63) is 63.8 Å². The molecular weight excluding hydrogens is 388 g/mol. The van der Waals surface area contributed by atoms with E-state index < -0.39 is 0 Å². The number of hydrogen-bond acceptors (Lipinski definition) is 4. The van der Waals surface area contributed by atoms with Crippen molar-refractivity contribution in [3.8, 4) is 5.75 Å². The Balaban J connectivity index is 1.83. The van der Waals surface area contributed by atoms with Crippen LogP contribution in [0.5, 0.6) is 5.75 Å². The Morgan fingerprint density at radius 2 is 1.93 bits per heavy atom. The molecule has 1 aromatic heterocycles. The maximum atomic E-state index is 6.80. The zero-order chi connectivity index (χ0) is 20.6. The Morgan fingerprint density at radius 3 is 2.66 bits per heavy atom. The lowest BCUT2D eigenvalue weighted by atomic mass is 10.0. The van der Waals surface area contributed by atoms with Crippen LogP contribution >= 0.6 is 11.6 Å². The van der Waals surface area contributed by atoms with E-state index in [1.54, 1.807) is 20.4 Å². The lowest BCUT2D eigenvalue weighted by Crippen LogP contribution is -1.98. The zero-order valence-corrected chi connectivity index (χ0v) is 17.9. The number of hydrogen-bond donors (Lipinski definition) is 1. The molecule has 0 unspecified atom stereocenters. The summed E-state index contributed by atoms with van der Waals surface area (Å²) in [5.41, 5.74) is 5.49. The summed E-state index contributed by atoms with van der Waals surface area (Å²) in [5, 5.41) is 5.59. The molecule has 0 atom stereocenters. The highest BCUT2D eigenvalue weighted by molar-refractivity contribution is 6.37. The largest absolute Gasteiger partial charge is 0.495 e. The van der Waals surface area contributed by atoms with Crippen LogP contribution < -0.4 is 4.74 Å². The Bertz CT molecular complexity index is 967. The van der Waals surface area contributed by atoms with Gasteiger partial charge < -0.3 is 19.3 Å². The van der Waals surface area contributed by atoms with Crippen LogP contribution in [0, 0.1) is 6.92 Å². The van der Waals surface area contributed by atoms with Crippen LogP contribution in [0.15, 0.2) is 41.6 Å². The second-order valence-electron chi connectivity index (χ2n) is 6.85. The molecule has 0 aliphatic heterocycles. The molecule has 154 valence electrons. The highest BCUT2D eigenvalue weighted by Crippen LogP contribution is 2.40. The van der Waals surface area contributed by atoms with Gasteiger partial charge in [0.05, 0.1) is 18.7 Å². The molecule has 3 aromatic rings. The third-order valence-corrected chi connectivity index (χ3v) is 5.22. The van der Waals surface area contributed by atoms with Crippen molar-refractivity contribution in [2.24, 2.45) is 5.16 Å². The Kier molecular flexibility index (Phi) is 7.55. The van der Waals surface area contributed by atoms with Gasteiger partial charge in [-0.3, -0.25) is 0 Å². The monoisotopic (exact) mass is 414 g/mol. The van der Waals surface area contributed by atoms with Gasteiger partial charge in [-0.25, -0.2) is 0 Å². The third kappa shape index (κ3) is 5.11. The maximum Gasteiger partial charge on any atom is 0.141 e. The van der Waals surface area contributed by atoms with Crippen molar-refractivity contribution >= 4 is 28.7 Å². The van der Waals surface area contributed by atoms with E-state index in [0.717, 1.165) is 46.3 Å². The number of nitrogens with zero attached hydrogens (tertiary/aromatic N) is 1. The molecule has 0 radical (unpaired) electrons. The number of H-pyrrole nitrogens is 1. The molecule has 0 aliphatic rings. The number of rotatable bonds is 10. The maximum absolute atomic E-state index is 6.80. The van der Waals surface area contributed by atoms with Gasteiger partial charge in [-0.2, -0.15) is 0 Å². The Morgan fingerprint density at radius 1 is 1.14 bits per heavy atom. The summed E-state index contributed by atoms with van der Waals surface area (Å²) in [4.78, 5) is 8.85. The van der Waals surface area contributed by atoms with Crippen LogP contribution in [0.25, 0.3) is 10.9 Å². The summed E-state index contributed by atoms with van der Waals surface area (Å²) in [6.45, 7) is 3.16. The predicted octanol–water partition coefficient (Wildman–Crippen LogP) is 5.31. The quantitative estimate of drug-likeness (QED) is 0.278. The van der Waals surface area contributed by atoms with Gasteiger partial charge in [0.15, 0.2) is 0 Å². The highest BCUT2D eigenvalue weighted by atomic mass is 35.5. The molecule has 29 heavy (non-hydrogen) atoms. The molecule has 0 saturated heterocycles. The summed E-state index contributed by atoms with van der Waals surface area (Å²) in [7, 11) is 3.33. The molecule has 0 bridgehead atoms. The molecule has 1 heterocycles. The second-order valence-corrected chi connectivity index (χ2v) is 7.23. The third-order valence-electron chi connectivity index (χ3n) is 4.86. The van der Waals surface area contributed by atoms with Crippen LogP contribution in [0.4, 0.5) is 0 Å². The number of nitrogens with one attached hydrogen (secondary N) is 1. The minimum Gasteiger partial charge on any atom is -0.495 e. The Hall–Kier alpha value is -2.50. The number of ether oxygens (including phenoxy) is 2. The van der Waals surface area contributed by atoms with Gasteiger partial charge in [0.1, 0.15) is 12.4 Å². The first-order valence-corrected chi connectivity index (χ1v) is 10.1. The number of halogens is 1. The smallest absolute Gasteiger partial charge is 0.141 e. The van der Waals surface area contributed by atoms with Crippen LogP contribution in [0.1, 0.15) is 28.8 Å². The van der Waals surface area contributed by atoms with Crippen LogP contribution in [-0.2, 0) is 22.4 Å². The molecule has 0 aliphatic carbocycles. The summed E-state index contributed by atoms with van der Waals surface area (Å²) >= 11 is 6.80. The van der Waals surface area contributed by atoms with Crippen molar-refractivity contribution in [2.45, 2.75) is 26.2 Å². The first kappa shape index (κ1) is 21.2. The summed E-state index contributed by atoms with van der Waals surface area (Å²) < 4.78 is 10.7. The van der Waals surface area contributed by atoms with Gasteiger partial charge in [-0.1, -0.05) is 47.1 Å². The van der Waals surface area contributed by atoms with Crippen molar-refractivity contribution in [1.82, 2.24) is 4.98 Å². The average molecular weight is 415 g/mol. The average Bonchev–Trinajstić information content (AvgIpc) is 3.03. The second kappa shape index (κ2) is 10.3. The fraction of sp³-hybridized carbons (Fsp3) is 0.348. The van der Waals surface area contributed by atoms with Crippen molar-refractivity contribution in [3.63, 3.8) is 0 Å². The van der Waals surface area contributed by atoms with Crippen LogP contribution in [0.2, 0.25) is 5.02 Å². The predicted molar refractivity (Wildman–Crippen MR) is 118 cm³/mol. The first-order chi connectivity index (χ1) is 14.2. The van der Waals surface area contributed by atoms with E-state index >= 15 is 0 Å². The van der Waals surface area contributed by atoms with Gasteiger partial charge in [0, 0.05) is 54.7 Å². The molecule has 2 aromatic carbocycles. The summed E-state index contributed by atoms with van der Waals surface area (Å²) in [6, 6.07) is 12.4. The summed E-state index contributed by atoms with van der Waals surface area (Å²) in [5.74, 6) is 0.724. The normalized spacial score (nSPS) is 11.4. The lowest BCUT2D eigenvalue weighted by molar-refractivity contribution is 0.147. The molecule has 0 fully saturated rings. The van der Waals surface area contributed by atoms with Crippen molar-refractivity contribution in [2.75, 3.05) is 27.4 Å². The number of methoxy groups -OCH3 is 2. The first-order valence-electron chi connectivity index (χ1n) is 9.68. The van der Waals surface area contributed by atoms with E-state index in [-0.39, 0.29) is 0 Å². The van der Waals surface area contributed by atoms with E-state index in [4.69, 9.17) is 25.9 Å². The van der Waals surface area contributed by atoms with E-state index in [0.29, 0.717) is 24.7 Å². The molecule has 0 amide bonds. The number of aromatic amines is 1. The van der Waals surface area contributed by atoms with Gasteiger partial charge in [0.2, 0.25) is 0 Å². The summed E-state index contributed by atoms with van der Waals surface area (Å²) in [6.07, 6.45) is 3.91. The minimum atomic E-state index is 0.474. The van der Waals surface area contributed by atoms with Crippen LogP contribution in [-0.4, -0.2) is 38.6 Å². The van der Waals surface area contributed by atoms with Crippen molar-refractivity contribution in [1.29, 1.82) is 0 Å². The van der Waals surface area contributed by atoms with E-state index in [1.165, 1.54) is 5.56 Å². The fourth-order valence-electron chi connectivity index (χ4n) is 3.50. The minimum absolute atomic E-state index is 0.474. The molecular formula is C23H27ClN2O3. The molecule has 5 nitrogen and oxygen atoms in total.